The monoisotopic (exact) mass is 250 g/mol. The molecular weight excluding hydrogens is 228 g/mol. The minimum absolute atomic E-state index is 0.383. The van der Waals surface area contributed by atoms with E-state index in [2.05, 4.69) is 5.32 Å². The Morgan fingerprint density at radius 2 is 2.06 bits per heavy atom. The molecule has 100 valence electrons. The second-order valence-corrected chi connectivity index (χ2v) is 4.44. The van der Waals surface area contributed by atoms with Crippen LogP contribution in [0.1, 0.15) is 25.3 Å². The van der Waals surface area contributed by atoms with E-state index in [1.54, 1.807) is 0 Å². The van der Waals surface area contributed by atoms with Crippen molar-refractivity contribution in [2.75, 3.05) is 6.54 Å². The van der Waals surface area contributed by atoms with E-state index in [-0.39, 0.29) is 5.91 Å². The normalized spacial score (nSPS) is 13.9. The van der Waals surface area contributed by atoms with Gasteiger partial charge in [-0.25, -0.2) is 0 Å². The van der Waals surface area contributed by atoms with Crippen LogP contribution in [0.5, 0.6) is 0 Å². The zero-order chi connectivity index (χ0) is 13.4. The lowest BCUT2D eigenvalue weighted by Crippen LogP contribution is -2.47. The molecule has 0 aliphatic rings. The van der Waals surface area contributed by atoms with Crippen molar-refractivity contribution >= 4 is 5.91 Å². The fourth-order valence-electron chi connectivity index (χ4n) is 1.69. The van der Waals surface area contributed by atoms with Gasteiger partial charge in [-0.1, -0.05) is 43.7 Å². The van der Waals surface area contributed by atoms with Gasteiger partial charge < -0.3 is 16.2 Å². The first kappa shape index (κ1) is 14.7. The molecule has 0 saturated heterocycles. The molecule has 18 heavy (non-hydrogen) atoms. The van der Waals surface area contributed by atoms with Crippen LogP contribution in [0.15, 0.2) is 30.3 Å². The van der Waals surface area contributed by atoms with Crippen LogP contribution in [-0.2, 0) is 11.2 Å². The summed E-state index contributed by atoms with van der Waals surface area (Å²) in [7, 11) is 0. The van der Waals surface area contributed by atoms with Gasteiger partial charge in [-0.05, 0) is 18.4 Å². The molecule has 0 radical (unpaired) electrons. The van der Waals surface area contributed by atoms with Gasteiger partial charge in [0.25, 0.3) is 0 Å². The maximum atomic E-state index is 11.6. The zero-order valence-corrected chi connectivity index (χ0v) is 10.8. The number of benzene rings is 1. The molecule has 0 heterocycles. The Balaban J connectivity index is 2.40. The van der Waals surface area contributed by atoms with Gasteiger partial charge in [0.1, 0.15) is 6.10 Å². The van der Waals surface area contributed by atoms with E-state index in [9.17, 15) is 9.90 Å². The lowest BCUT2D eigenvalue weighted by Gasteiger charge is -2.18. The molecule has 4 nitrogen and oxygen atoms in total. The molecule has 0 fully saturated rings. The summed E-state index contributed by atoms with van der Waals surface area (Å²) < 4.78 is 0. The van der Waals surface area contributed by atoms with Crippen LogP contribution in [-0.4, -0.2) is 29.7 Å². The quantitative estimate of drug-likeness (QED) is 0.628. The van der Waals surface area contributed by atoms with Crippen molar-refractivity contribution in [3.63, 3.8) is 0 Å². The molecule has 0 aliphatic carbocycles. The summed E-state index contributed by atoms with van der Waals surface area (Å²) in [5, 5.41) is 12.5. The number of rotatable bonds is 7. The van der Waals surface area contributed by atoms with Crippen LogP contribution in [0.25, 0.3) is 0 Å². The van der Waals surface area contributed by atoms with Crippen LogP contribution >= 0.6 is 0 Å². The summed E-state index contributed by atoms with van der Waals surface area (Å²) >= 11 is 0. The van der Waals surface area contributed by atoms with E-state index in [0.717, 1.165) is 18.4 Å². The molecule has 0 aromatic heterocycles. The fraction of sp³-hybridized carbons (Fsp3) is 0.500. The Morgan fingerprint density at radius 3 is 2.67 bits per heavy atom. The number of amides is 1. The molecule has 2 atom stereocenters. The third-order valence-electron chi connectivity index (χ3n) is 2.82. The highest BCUT2D eigenvalue weighted by atomic mass is 16.3. The number of aliphatic hydroxyl groups is 1. The average molecular weight is 250 g/mol. The fourth-order valence-corrected chi connectivity index (χ4v) is 1.69. The topological polar surface area (TPSA) is 75.3 Å². The highest BCUT2D eigenvalue weighted by Gasteiger charge is 2.22. The minimum Gasteiger partial charge on any atom is -0.382 e. The van der Waals surface area contributed by atoms with E-state index < -0.39 is 12.1 Å². The maximum absolute atomic E-state index is 11.6. The molecule has 0 saturated carbocycles. The van der Waals surface area contributed by atoms with Crippen LogP contribution in [0.4, 0.5) is 0 Å². The summed E-state index contributed by atoms with van der Waals surface area (Å²) in [6.07, 6.45) is 1.25. The van der Waals surface area contributed by atoms with Gasteiger partial charge in [-0.15, -0.1) is 0 Å². The highest BCUT2D eigenvalue weighted by Crippen LogP contribution is 2.04. The van der Waals surface area contributed by atoms with Gasteiger partial charge in [0, 0.05) is 12.6 Å². The Morgan fingerprint density at radius 1 is 1.39 bits per heavy atom. The number of nitrogens with two attached hydrogens (primary N) is 1. The third kappa shape index (κ3) is 4.85. The van der Waals surface area contributed by atoms with Gasteiger partial charge in [-0.2, -0.15) is 0 Å². The van der Waals surface area contributed by atoms with Gasteiger partial charge in [-0.3, -0.25) is 4.79 Å². The van der Waals surface area contributed by atoms with Crippen LogP contribution in [0, 0.1) is 0 Å². The molecule has 1 aromatic rings. The number of aliphatic hydroxyl groups excluding tert-OH is 1. The first-order valence-electron chi connectivity index (χ1n) is 6.40. The van der Waals surface area contributed by atoms with Crippen LogP contribution in [0.2, 0.25) is 0 Å². The summed E-state index contributed by atoms with van der Waals surface area (Å²) in [4.78, 5) is 11.6. The molecular formula is C14H22N2O2. The molecule has 4 heteroatoms. The molecule has 0 spiro atoms. The number of carbonyl (C=O) groups excluding carboxylic acids is 1. The predicted molar refractivity (Wildman–Crippen MR) is 72.0 cm³/mol. The molecule has 2 unspecified atom stereocenters. The minimum atomic E-state index is -1.15. The summed E-state index contributed by atoms with van der Waals surface area (Å²) in [6, 6.07) is 9.03. The molecule has 1 aromatic carbocycles. The van der Waals surface area contributed by atoms with Crippen molar-refractivity contribution in [1.82, 2.24) is 5.32 Å². The van der Waals surface area contributed by atoms with E-state index >= 15 is 0 Å². The van der Waals surface area contributed by atoms with Gasteiger partial charge in [0.15, 0.2) is 0 Å². The second-order valence-electron chi connectivity index (χ2n) is 4.44. The smallest absolute Gasteiger partial charge is 0.250 e. The first-order chi connectivity index (χ1) is 8.65. The second kappa shape index (κ2) is 7.84. The van der Waals surface area contributed by atoms with Crippen molar-refractivity contribution in [2.24, 2.45) is 5.73 Å². The number of unbranched alkanes of at least 4 members (excludes halogenated alkanes) is 1. The standard InChI is InChI=1S/C14H22N2O2/c1-2-3-9-16-14(18)13(17)12(15)10-11-7-5-4-6-8-11/h4-8,12-13,17H,2-3,9-10,15H2,1H3,(H,16,18). The van der Waals surface area contributed by atoms with Crippen LogP contribution in [0.3, 0.4) is 0 Å². The summed E-state index contributed by atoms with van der Waals surface area (Å²) in [5.41, 5.74) is 6.86. The van der Waals surface area contributed by atoms with Crippen LogP contribution < -0.4 is 11.1 Å². The van der Waals surface area contributed by atoms with Crippen molar-refractivity contribution in [3.8, 4) is 0 Å². The average Bonchev–Trinajstić information content (AvgIpc) is 2.39. The third-order valence-corrected chi connectivity index (χ3v) is 2.82. The number of hydrogen-bond donors (Lipinski definition) is 3. The van der Waals surface area contributed by atoms with Crippen molar-refractivity contribution in [2.45, 2.75) is 38.3 Å². The number of carbonyl (C=O) groups is 1. The first-order valence-corrected chi connectivity index (χ1v) is 6.40. The molecule has 0 bridgehead atoms. The Hall–Kier alpha value is -1.39. The molecule has 4 N–H and O–H groups in total. The van der Waals surface area contributed by atoms with Crippen molar-refractivity contribution in [3.05, 3.63) is 35.9 Å². The van der Waals surface area contributed by atoms with E-state index in [4.69, 9.17) is 5.73 Å². The van der Waals surface area contributed by atoms with Gasteiger partial charge in [0.05, 0.1) is 0 Å². The molecule has 1 rings (SSSR count). The lowest BCUT2D eigenvalue weighted by molar-refractivity contribution is -0.130. The zero-order valence-electron chi connectivity index (χ0n) is 10.8. The van der Waals surface area contributed by atoms with E-state index in [1.807, 2.05) is 37.3 Å². The molecule has 0 aliphatic heterocycles. The maximum Gasteiger partial charge on any atom is 0.250 e. The number of hydrogen-bond acceptors (Lipinski definition) is 3. The van der Waals surface area contributed by atoms with E-state index in [0.29, 0.717) is 13.0 Å². The van der Waals surface area contributed by atoms with Gasteiger partial charge >= 0.3 is 0 Å². The Kier molecular flexibility index (Phi) is 6.39. The van der Waals surface area contributed by atoms with E-state index in [1.165, 1.54) is 0 Å². The SMILES string of the molecule is CCCCNC(=O)C(O)C(N)Cc1ccccc1. The largest absolute Gasteiger partial charge is 0.382 e. The summed E-state index contributed by atoms with van der Waals surface area (Å²) in [5.74, 6) is -0.383. The Labute approximate surface area is 108 Å². The predicted octanol–water partition coefficient (Wildman–Crippen LogP) is 0.834. The highest BCUT2D eigenvalue weighted by molar-refractivity contribution is 5.81. The summed E-state index contributed by atoms with van der Waals surface area (Å²) in [6.45, 7) is 2.63. The number of nitrogens with one attached hydrogen (secondary N) is 1. The van der Waals surface area contributed by atoms with Gasteiger partial charge in [0.2, 0.25) is 5.91 Å². The molecule has 1 amide bonds. The van der Waals surface area contributed by atoms with Crippen molar-refractivity contribution < 1.29 is 9.90 Å². The Bertz CT molecular complexity index is 354. The van der Waals surface area contributed by atoms with Crippen molar-refractivity contribution in [1.29, 1.82) is 0 Å². The lowest BCUT2D eigenvalue weighted by atomic mass is 10.0.